The van der Waals surface area contributed by atoms with Crippen molar-refractivity contribution in [3.05, 3.63) is 29.3 Å². The monoisotopic (exact) mass is 289 g/mol. The van der Waals surface area contributed by atoms with Gasteiger partial charge in [0.05, 0.1) is 6.54 Å². The normalized spacial score (nSPS) is 18.8. The summed E-state index contributed by atoms with van der Waals surface area (Å²) in [4.78, 5) is 14.3. The molecular formula is C17H27N3O. The minimum Gasteiger partial charge on any atom is -0.325 e. The largest absolute Gasteiger partial charge is 0.325 e. The standard InChI is InChI=1S/C17H27N3O/c1-13-7-8-14(2)16(10-13)19-17(21)12-20(3)11-15-6-4-5-9-18-15/h7-8,10,15,18H,4-6,9,11-12H2,1-3H3,(H,19,21). The highest BCUT2D eigenvalue weighted by molar-refractivity contribution is 5.93. The quantitative estimate of drug-likeness (QED) is 0.874. The van der Waals surface area contributed by atoms with Gasteiger partial charge in [-0.25, -0.2) is 0 Å². The van der Waals surface area contributed by atoms with E-state index in [1.54, 1.807) is 0 Å². The molecule has 1 amide bonds. The van der Waals surface area contributed by atoms with Crippen molar-refractivity contribution in [2.24, 2.45) is 0 Å². The van der Waals surface area contributed by atoms with Crippen LogP contribution < -0.4 is 10.6 Å². The maximum absolute atomic E-state index is 12.2. The molecular weight excluding hydrogens is 262 g/mol. The lowest BCUT2D eigenvalue weighted by Crippen LogP contribution is -2.44. The van der Waals surface area contributed by atoms with Gasteiger partial charge in [-0.1, -0.05) is 18.6 Å². The molecule has 4 heteroatoms. The average molecular weight is 289 g/mol. The van der Waals surface area contributed by atoms with E-state index in [0.717, 1.165) is 29.9 Å². The Labute approximate surface area is 127 Å². The van der Waals surface area contributed by atoms with E-state index in [1.807, 2.05) is 33.0 Å². The second kappa shape index (κ2) is 7.57. The molecule has 1 heterocycles. The number of nitrogens with one attached hydrogen (secondary N) is 2. The van der Waals surface area contributed by atoms with Crippen LogP contribution >= 0.6 is 0 Å². The molecule has 1 aromatic carbocycles. The summed E-state index contributed by atoms with van der Waals surface area (Å²) in [6, 6.07) is 6.65. The smallest absolute Gasteiger partial charge is 0.238 e. The second-order valence-electron chi connectivity index (χ2n) is 6.21. The molecule has 0 spiro atoms. The zero-order chi connectivity index (χ0) is 15.2. The summed E-state index contributed by atoms with van der Waals surface area (Å²) >= 11 is 0. The second-order valence-corrected chi connectivity index (χ2v) is 6.21. The van der Waals surface area contributed by atoms with E-state index in [0.29, 0.717) is 12.6 Å². The molecule has 1 fully saturated rings. The van der Waals surface area contributed by atoms with Crippen LogP contribution in [0.3, 0.4) is 0 Å². The van der Waals surface area contributed by atoms with Crippen molar-refractivity contribution in [2.75, 3.05) is 32.0 Å². The van der Waals surface area contributed by atoms with Crippen LogP contribution in [0.2, 0.25) is 0 Å². The number of aryl methyl sites for hydroxylation is 2. The van der Waals surface area contributed by atoms with Gasteiger partial charge >= 0.3 is 0 Å². The van der Waals surface area contributed by atoms with Crippen LogP contribution in [0, 0.1) is 13.8 Å². The van der Waals surface area contributed by atoms with Crippen LogP contribution in [-0.2, 0) is 4.79 Å². The number of hydrogen-bond donors (Lipinski definition) is 2. The highest BCUT2D eigenvalue weighted by atomic mass is 16.2. The Kier molecular flexibility index (Phi) is 5.76. The Bertz CT molecular complexity index is 481. The SMILES string of the molecule is Cc1ccc(C)c(NC(=O)CN(C)CC2CCCCN2)c1. The van der Waals surface area contributed by atoms with Gasteiger partial charge in [-0.15, -0.1) is 0 Å². The number of nitrogens with zero attached hydrogens (tertiary/aromatic N) is 1. The molecule has 1 saturated heterocycles. The third-order valence-corrected chi connectivity index (χ3v) is 4.03. The van der Waals surface area contributed by atoms with E-state index < -0.39 is 0 Å². The first-order valence-electron chi connectivity index (χ1n) is 7.83. The fourth-order valence-corrected chi connectivity index (χ4v) is 2.83. The van der Waals surface area contributed by atoms with E-state index in [-0.39, 0.29) is 5.91 Å². The summed E-state index contributed by atoms with van der Waals surface area (Å²) in [5, 5.41) is 6.53. The van der Waals surface area contributed by atoms with Crippen molar-refractivity contribution >= 4 is 11.6 Å². The molecule has 2 rings (SSSR count). The summed E-state index contributed by atoms with van der Waals surface area (Å²) in [7, 11) is 2.01. The molecule has 1 atom stereocenters. The lowest BCUT2D eigenvalue weighted by Gasteiger charge is -2.27. The zero-order valence-corrected chi connectivity index (χ0v) is 13.4. The number of carbonyl (C=O) groups excluding carboxylic acids is 1. The van der Waals surface area contributed by atoms with E-state index >= 15 is 0 Å². The van der Waals surface area contributed by atoms with Crippen molar-refractivity contribution in [1.29, 1.82) is 0 Å². The number of benzene rings is 1. The predicted molar refractivity (Wildman–Crippen MR) is 87.7 cm³/mol. The van der Waals surface area contributed by atoms with Gasteiger partial charge in [-0.3, -0.25) is 9.69 Å². The zero-order valence-electron chi connectivity index (χ0n) is 13.4. The molecule has 1 unspecified atom stereocenters. The number of likely N-dealkylation sites (N-methyl/N-ethyl adjacent to an activating group) is 1. The molecule has 4 nitrogen and oxygen atoms in total. The van der Waals surface area contributed by atoms with Gasteiger partial charge < -0.3 is 10.6 Å². The van der Waals surface area contributed by atoms with E-state index in [4.69, 9.17) is 0 Å². The van der Waals surface area contributed by atoms with Crippen LogP contribution in [0.1, 0.15) is 30.4 Å². The van der Waals surface area contributed by atoms with Crippen molar-refractivity contribution in [3.63, 3.8) is 0 Å². The molecule has 1 aliphatic rings. The first kappa shape index (κ1) is 16.0. The number of hydrogen-bond acceptors (Lipinski definition) is 3. The maximum Gasteiger partial charge on any atom is 0.238 e. The van der Waals surface area contributed by atoms with Gasteiger partial charge in [-0.2, -0.15) is 0 Å². The highest BCUT2D eigenvalue weighted by Gasteiger charge is 2.16. The summed E-state index contributed by atoms with van der Waals surface area (Å²) in [6.45, 7) is 6.53. The summed E-state index contributed by atoms with van der Waals surface area (Å²) in [6.07, 6.45) is 3.77. The van der Waals surface area contributed by atoms with Crippen LogP contribution in [-0.4, -0.2) is 43.5 Å². The molecule has 0 radical (unpaired) electrons. The number of carbonyl (C=O) groups is 1. The number of amides is 1. The molecule has 21 heavy (non-hydrogen) atoms. The first-order chi connectivity index (χ1) is 10.0. The minimum absolute atomic E-state index is 0.0574. The molecule has 116 valence electrons. The summed E-state index contributed by atoms with van der Waals surface area (Å²) in [5.41, 5.74) is 3.19. The van der Waals surface area contributed by atoms with E-state index in [9.17, 15) is 4.79 Å². The van der Waals surface area contributed by atoms with Gasteiger partial charge in [0.15, 0.2) is 0 Å². The van der Waals surface area contributed by atoms with Crippen LogP contribution in [0.5, 0.6) is 0 Å². The molecule has 2 N–H and O–H groups in total. The van der Waals surface area contributed by atoms with Crippen molar-refractivity contribution in [1.82, 2.24) is 10.2 Å². The molecule has 0 saturated carbocycles. The lowest BCUT2D eigenvalue weighted by molar-refractivity contribution is -0.117. The van der Waals surface area contributed by atoms with Crippen molar-refractivity contribution in [3.8, 4) is 0 Å². The summed E-state index contributed by atoms with van der Waals surface area (Å²) < 4.78 is 0. The van der Waals surface area contributed by atoms with E-state index in [1.165, 1.54) is 19.3 Å². The Hall–Kier alpha value is -1.39. The average Bonchev–Trinajstić information content (AvgIpc) is 2.43. The lowest BCUT2D eigenvalue weighted by atomic mass is 10.0. The minimum atomic E-state index is 0.0574. The van der Waals surface area contributed by atoms with Crippen molar-refractivity contribution < 1.29 is 4.79 Å². The maximum atomic E-state index is 12.2. The van der Waals surface area contributed by atoms with Crippen LogP contribution in [0.25, 0.3) is 0 Å². The number of rotatable bonds is 5. The molecule has 0 bridgehead atoms. The Morgan fingerprint density at radius 2 is 2.19 bits per heavy atom. The van der Waals surface area contributed by atoms with Crippen molar-refractivity contribution in [2.45, 2.75) is 39.2 Å². The molecule has 1 aromatic rings. The number of piperidine rings is 1. The predicted octanol–water partition coefficient (Wildman–Crippen LogP) is 2.32. The molecule has 0 aliphatic carbocycles. The Balaban J connectivity index is 1.81. The fraction of sp³-hybridized carbons (Fsp3) is 0.588. The Morgan fingerprint density at radius 1 is 1.38 bits per heavy atom. The third kappa shape index (κ3) is 5.14. The van der Waals surface area contributed by atoms with Gasteiger partial charge in [-0.05, 0) is 57.5 Å². The van der Waals surface area contributed by atoms with Gasteiger partial charge in [0.2, 0.25) is 5.91 Å². The fourth-order valence-electron chi connectivity index (χ4n) is 2.83. The molecule has 1 aliphatic heterocycles. The first-order valence-corrected chi connectivity index (χ1v) is 7.83. The Morgan fingerprint density at radius 3 is 2.90 bits per heavy atom. The van der Waals surface area contributed by atoms with Crippen LogP contribution in [0.15, 0.2) is 18.2 Å². The molecule has 0 aromatic heterocycles. The van der Waals surface area contributed by atoms with E-state index in [2.05, 4.69) is 21.6 Å². The number of anilines is 1. The van der Waals surface area contributed by atoms with Gasteiger partial charge in [0.25, 0.3) is 0 Å². The topological polar surface area (TPSA) is 44.4 Å². The van der Waals surface area contributed by atoms with Crippen LogP contribution in [0.4, 0.5) is 5.69 Å². The van der Waals surface area contributed by atoms with Gasteiger partial charge in [0.1, 0.15) is 0 Å². The highest BCUT2D eigenvalue weighted by Crippen LogP contribution is 2.16. The summed E-state index contributed by atoms with van der Waals surface area (Å²) in [5.74, 6) is 0.0574. The van der Waals surface area contributed by atoms with Gasteiger partial charge in [0, 0.05) is 18.3 Å². The third-order valence-electron chi connectivity index (χ3n) is 4.03.